The fraction of sp³-hybridized carbons (Fsp3) is 0.588. The summed E-state index contributed by atoms with van der Waals surface area (Å²) in [5, 5.41) is 0. The normalized spacial score (nSPS) is 22.6. The van der Waals surface area contributed by atoms with Crippen LogP contribution in [0.15, 0.2) is 24.3 Å². The molecule has 0 spiro atoms. The van der Waals surface area contributed by atoms with Crippen LogP contribution >= 0.6 is 0 Å². The molecule has 0 aromatic heterocycles. The molecule has 1 amide bonds. The summed E-state index contributed by atoms with van der Waals surface area (Å²) in [6.07, 6.45) is 5.77. The fourth-order valence-corrected chi connectivity index (χ4v) is 3.21. The molecule has 1 fully saturated rings. The van der Waals surface area contributed by atoms with Crippen molar-refractivity contribution in [2.75, 3.05) is 13.6 Å². The molecule has 1 aromatic rings. The second kappa shape index (κ2) is 6.89. The predicted octanol–water partition coefficient (Wildman–Crippen LogP) is 2.84. The Morgan fingerprint density at radius 3 is 2.50 bits per heavy atom. The lowest BCUT2D eigenvalue weighted by Crippen LogP contribution is -2.42. The summed E-state index contributed by atoms with van der Waals surface area (Å²) in [7, 11) is 1.95. The van der Waals surface area contributed by atoms with Gasteiger partial charge in [0.25, 0.3) is 5.91 Å². The van der Waals surface area contributed by atoms with Crippen molar-refractivity contribution < 1.29 is 4.79 Å². The molecule has 1 aliphatic carbocycles. The zero-order valence-corrected chi connectivity index (χ0v) is 12.6. The molecule has 1 saturated carbocycles. The van der Waals surface area contributed by atoms with E-state index in [2.05, 4.69) is 6.92 Å². The minimum atomic E-state index is 0.142. The molecule has 0 aliphatic heterocycles. The molecule has 2 rings (SSSR count). The quantitative estimate of drug-likeness (QED) is 0.917. The molecule has 20 heavy (non-hydrogen) atoms. The summed E-state index contributed by atoms with van der Waals surface area (Å²) in [6.45, 7) is 2.91. The average Bonchev–Trinajstić information content (AvgIpc) is 2.47. The first-order valence-electron chi connectivity index (χ1n) is 7.69. The first-order valence-corrected chi connectivity index (χ1v) is 7.69. The van der Waals surface area contributed by atoms with Crippen molar-refractivity contribution in [1.82, 2.24) is 4.90 Å². The van der Waals surface area contributed by atoms with Crippen molar-refractivity contribution in [3.63, 3.8) is 0 Å². The number of hydrogen-bond donors (Lipinski definition) is 1. The van der Waals surface area contributed by atoms with Crippen molar-refractivity contribution in [2.24, 2.45) is 11.7 Å². The van der Waals surface area contributed by atoms with Gasteiger partial charge in [-0.2, -0.15) is 0 Å². The van der Waals surface area contributed by atoms with Crippen molar-refractivity contribution in [3.05, 3.63) is 35.4 Å². The van der Waals surface area contributed by atoms with Crippen LogP contribution in [-0.4, -0.2) is 30.4 Å². The Balaban J connectivity index is 2.05. The molecule has 2 N–H and O–H groups in total. The van der Waals surface area contributed by atoms with Gasteiger partial charge in [-0.3, -0.25) is 4.79 Å². The van der Waals surface area contributed by atoms with Gasteiger partial charge in [0.05, 0.1) is 0 Å². The lowest BCUT2D eigenvalue weighted by molar-refractivity contribution is 0.0629. The molecule has 3 heteroatoms. The Kier molecular flexibility index (Phi) is 5.18. The molecular formula is C17H26N2O. The van der Waals surface area contributed by atoms with Gasteiger partial charge in [0.2, 0.25) is 0 Å². The van der Waals surface area contributed by atoms with E-state index in [1.54, 1.807) is 0 Å². The number of rotatable bonds is 4. The maximum Gasteiger partial charge on any atom is 0.253 e. The highest BCUT2D eigenvalue weighted by Gasteiger charge is 2.28. The van der Waals surface area contributed by atoms with Crippen LogP contribution in [0.25, 0.3) is 0 Å². The van der Waals surface area contributed by atoms with E-state index in [1.165, 1.54) is 24.8 Å². The van der Waals surface area contributed by atoms with E-state index in [1.807, 2.05) is 36.2 Å². The molecule has 110 valence electrons. The zero-order valence-electron chi connectivity index (χ0n) is 12.6. The lowest BCUT2D eigenvalue weighted by atomic mass is 9.85. The number of nitrogens with zero attached hydrogens (tertiary/aromatic N) is 1. The van der Waals surface area contributed by atoms with E-state index in [-0.39, 0.29) is 5.91 Å². The molecule has 0 radical (unpaired) electrons. The number of benzene rings is 1. The van der Waals surface area contributed by atoms with Crippen molar-refractivity contribution in [1.29, 1.82) is 0 Å². The van der Waals surface area contributed by atoms with Crippen LogP contribution in [0.2, 0.25) is 0 Å². The summed E-state index contributed by atoms with van der Waals surface area (Å²) in [5.74, 6) is 0.747. The standard InChI is InChI=1S/C17H26N2O/c1-13-5-3-4-6-16(13)19(2)17(20)15-9-7-14(8-10-15)11-12-18/h7-10,13,16H,3-6,11-12,18H2,1-2H3. The molecule has 1 aliphatic rings. The minimum absolute atomic E-state index is 0.142. The van der Waals surface area contributed by atoms with Crippen molar-refractivity contribution in [2.45, 2.75) is 45.1 Å². The summed E-state index contributed by atoms with van der Waals surface area (Å²) in [5.41, 5.74) is 7.52. The van der Waals surface area contributed by atoms with Crippen LogP contribution in [0.3, 0.4) is 0 Å². The van der Waals surface area contributed by atoms with Gasteiger partial charge < -0.3 is 10.6 Å². The fourth-order valence-electron chi connectivity index (χ4n) is 3.21. The van der Waals surface area contributed by atoms with E-state index in [0.717, 1.165) is 18.4 Å². The van der Waals surface area contributed by atoms with E-state index >= 15 is 0 Å². The smallest absolute Gasteiger partial charge is 0.253 e. The Morgan fingerprint density at radius 1 is 1.25 bits per heavy atom. The number of carbonyl (C=O) groups excluding carboxylic acids is 1. The number of amides is 1. The van der Waals surface area contributed by atoms with Gasteiger partial charge in [-0.1, -0.05) is 31.9 Å². The molecule has 2 atom stereocenters. The number of nitrogens with two attached hydrogens (primary N) is 1. The molecule has 0 heterocycles. The number of hydrogen-bond acceptors (Lipinski definition) is 2. The Morgan fingerprint density at radius 2 is 1.90 bits per heavy atom. The third-order valence-corrected chi connectivity index (χ3v) is 4.52. The van der Waals surface area contributed by atoms with Gasteiger partial charge in [-0.05, 0) is 49.4 Å². The molecule has 0 saturated heterocycles. The van der Waals surface area contributed by atoms with Crippen LogP contribution in [-0.2, 0) is 6.42 Å². The van der Waals surface area contributed by atoms with Crippen LogP contribution in [0.5, 0.6) is 0 Å². The van der Waals surface area contributed by atoms with E-state index < -0.39 is 0 Å². The first kappa shape index (κ1) is 15.0. The van der Waals surface area contributed by atoms with Gasteiger partial charge >= 0.3 is 0 Å². The van der Waals surface area contributed by atoms with Crippen LogP contribution in [0.4, 0.5) is 0 Å². The average molecular weight is 274 g/mol. The monoisotopic (exact) mass is 274 g/mol. The van der Waals surface area contributed by atoms with Gasteiger partial charge in [-0.15, -0.1) is 0 Å². The Bertz CT molecular complexity index is 441. The minimum Gasteiger partial charge on any atom is -0.338 e. The summed E-state index contributed by atoms with van der Waals surface area (Å²) in [4.78, 5) is 14.5. The Hall–Kier alpha value is -1.35. The van der Waals surface area contributed by atoms with E-state index in [0.29, 0.717) is 18.5 Å². The van der Waals surface area contributed by atoms with E-state index in [9.17, 15) is 4.79 Å². The molecule has 2 unspecified atom stereocenters. The molecular weight excluding hydrogens is 248 g/mol. The van der Waals surface area contributed by atoms with Crippen LogP contribution < -0.4 is 5.73 Å². The number of carbonyl (C=O) groups is 1. The highest BCUT2D eigenvalue weighted by Crippen LogP contribution is 2.28. The predicted molar refractivity (Wildman–Crippen MR) is 82.7 cm³/mol. The largest absolute Gasteiger partial charge is 0.338 e. The SMILES string of the molecule is CC1CCCCC1N(C)C(=O)c1ccc(CCN)cc1. The second-order valence-corrected chi connectivity index (χ2v) is 5.98. The molecule has 1 aromatic carbocycles. The molecule has 0 bridgehead atoms. The summed E-state index contributed by atoms with van der Waals surface area (Å²) >= 11 is 0. The zero-order chi connectivity index (χ0) is 14.5. The van der Waals surface area contributed by atoms with Crippen LogP contribution in [0, 0.1) is 5.92 Å². The maximum atomic E-state index is 12.6. The van der Waals surface area contributed by atoms with Gasteiger partial charge in [-0.25, -0.2) is 0 Å². The van der Waals surface area contributed by atoms with Gasteiger partial charge in [0.1, 0.15) is 0 Å². The summed E-state index contributed by atoms with van der Waals surface area (Å²) in [6, 6.07) is 8.27. The Labute approximate surface area is 122 Å². The lowest BCUT2D eigenvalue weighted by Gasteiger charge is -2.36. The third-order valence-electron chi connectivity index (χ3n) is 4.52. The van der Waals surface area contributed by atoms with Crippen molar-refractivity contribution >= 4 is 5.91 Å². The highest BCUT2D eigenvalue weighted by molar-refractivity contribution is 5.94. The topological polar surface area (TPSA) is 46.3 Å². The summed E-state index contributed by atoms with van der Waals surface area (Å²) < 4.78 is 0. The molecule has 3 nitrogen and oxygen atoms in total. The maximum absolute atomic E-state index is 12.6. The van der Waals surface area contributed by atoms with Crippen molar-refractivity contribution in [3.8, 4) is 0 Å². The van der Waals surface area contributed by atoms with Gasteiger partial charge in [0, 0.05) is 18.7 Å². The van der Waals surface area contributed by atoms with E-state index in [4.69, 9.17) is 5.73 Å². The third kappa shape index (κ3) is 3.40. The first-order chi connectivity index (χ1) is 9.63. The van der Waals surface area contributed by atoms with Crippen LogP contribution in [0.1, 0.15) is 48.5 Å². The van der Waals surface area contributed by atoms with Gasteiger partial charge in [0.15, 0.2) is 0 Å². The second-order valence-electron chi connectivity index (χ2n) is 5.98. The highest BCUT2D eigenvalue weighted by atomic mass is 16.2.